The van der Waals surface area contributed by atoms with Crippen molar-refractivity contribution in [3.05, 3.63) is 101 Å². The fourth-order valence-electron chi connectivity index (χ4n) is 3.51. The van der Waals surface area contributed by atoms with Gasteiger partial charge in [-0.3, -0.25) is 14.6 Å². The van der Waals surface area contributed by atoms with E-state index in [2.05, 4.69) is 10.3 Å². The highest BCUT2D eigenvalue weighted by molar-refractivity contribution is 6.12. The molecule has 0 fully saturated rings. The molecule has 1 N–H and O–H groups in total. The summed E-state index contributed by atoms with van der Waals surface area (Å²) in [7, 11) is 0. The lowest BCUT2D eigenvalue weighted by atomic mass is 10.0. The summed E-state index contributed by atoms with van der Waals surface area (Å²) in [5.74, 6) is -0.700. The number of fused-ring (bicyclic) bond motifs is 1. The van der Waals surface area contributed by atoms with E-state index in [0.717, 1.165) is 22.3 Å². The van der Waals surface area contributed by atoms with Crippen LogP contribution in [0.3, 0.4) is 0 Å². The third-order valence-corrected chi connectivity index (χ3v) is 4.99. The average molecular weight is 413 g/mol. The van der Waals surface area contributed by atoms with Gasteiger partial charge < -0.3 is 9.72 Å². The molecule has 5 nitrogen and oxygen atoms in total. The van der Waals surface area contributed by atoms with Gasteiger partial charge >= 0.3 is 0 Å². The number of carbonyl (C=O) groups is 2. The summed E-state index contributed by atoms with van der Waals surface area (Å²) in [5.41, 5.74) is 4.83. The van der Waals surface area contributed by atoms with Crippen LogP contribution < -0.4 is 5.32 Å². The van der Waals surface area contributed by atoms with Gasteiger partial charge in [0.15, 0.2) is 0 Å². The number of pyridine rings is 1. The third kappa shape index (κ3) is 4.14. The van der Waals surface area contributed by atoms with Gasteiger partial charge in [-0.05, 0) is 73.2 Å². The monoisotopic (exact) mass is 413 g/mol. The summed E-state index contributed by atoms with van der Waals surface area (Å²) in [4.78, 5) is 28.9. The molecule has 0 aliphatic carbocycles. The first-order chi connectivity index (χ1) is 14.9. The molecule has 0 saturated carbocycles. The Hall–Kier alpha value is -4.06. The molecule has 0 bridgehead atoms. The Bertz CT molecular complexity index is 1300. The highest BCUT2D eigenvalue weighted by atomic mass is 19.1. The zero-order valence-corrected chi connectivity index (χ0v) is 17.1. The second kappa shape index (κ2) is 8.36. The van der Waals surface area contributed by atoms with Crippen molar-refractivity contribution in [1.82, 2.24) is 4.40 Å². The molecule has 2 aromatic carbocycles. The number of carbonyl (C=O) groups excluding carboxylic acids is 2. The number of aliphatic imine (C=N–C) groups is 1. The summed E-state index contributed by atoms with van der Waals surface area (Å²) in [6.07, 6.45) is 3.57. The molecule has 0 atom stereocenters. The van der Waals surface area contributed by atoms with E-state index in [1.54, 1.807) is 30.5 Å². The molecule has 1 amide bonds. The summed E-state index contributed by atoms with van der Waals surface area (Å²) >= 11 is 0. The second-order valence-corrected chi connectivity index (χ2v) is 7.17. The minimum Gasteiger partial charge on any atom is -0.326 e. The van der Waals surface area contributed by atoms with Crippen LogP contribution in [0, 0.1) is 12.7 Å². The Balaban J connectivity index is 1.73. The molecule has 4 aromatic rings. The van der Waals surface area contributed by atoms with Crippen LogP contribution in [0.1, 0.15) is 34.1 Å². The lowest BCUT2D eigenvalue weighted by molar-refractivity contribution is -0.114. The fraction of sp³-hybridized carbons (Fsp3) is 0.0800. The van der Waals surface area contributed by atoms with Gasteiger partial charge in [-0.1, -0.05) is 6.07 Å². The molecule has 0 aliphatic heterocycles. The van der Waals surface area contributed by atoms with Crippen molar-refractivity contribution in [2.24, 2.45) is 4.99 Å². The Morgan fingerprint density at radius 1 is 1.00 bits per heavy atom. The topological polar surface area (TPSA) is 62.9 Å². The van der Waals surface area contributed by atoms with E-state index >= 15 is 0 Å². The number of nitrogens with zero attached hydrogens (tertiary/aromatic N) is 2. The van der Waals surface area contributed by atoms with E-state index in [-0.39, 0.29) is 17.5 Å². The van der Waals surface area contributed by atoms with Crippen LogP contribution in [0.25, 0.3) is 5.52 Å². The maximum Gasteiger partial charge on any atom is 0.221 e. The minimum absolute atomic E-state index is 0.134. The van der Waals surface area contributed by atoms with Crippen molar-refractivity contribution in [1.29, 1.82) is 0 Å². The van der Waals surface area contributed by atoms with Crippen LogP contribution in [0.15, 0.2) is 77.9 Å². The lowest BCUT2D eigenvalue weighted by Crippen LogP contribution is -2.07. The van der Waals surface area contributed by atoms with Crippen LogP contribution in [0.4, 0.5) is 15.8 Å². The maximum absolute atomic E-state index is 13.3. The molecule has 31 heavy (non-hydrogen) atoms. The molecule has 0 spiro atoms. The Morgan fingerprint density at radius 2 is 1.71 bits per heavy atom. The van der Waals surface area contributed by atoms with Gasteiger partial charge in [-0.2, -0.15) is 0 Å². The SMILES string of the molecule is CC(=O)Nc1ccc(N=Cc2c(C)c(C(=O)c3ccc(F)cc3)n3ccccc23)cc1. The molecule has 154 valence electrons. The van der Waals surface area contributed by atoms with Crippen molar-refractivity contribution in [2.75, 3.05) is 5.32 Å². The van der Waals surface area contributed by atoms with Gasteiger partial charge in [0.2, 0.25) is 11.7 Å². The first-order valence-electron chi connectivity index (χ1n) is 9.75. The van der Waals surface area contributed by atoms with E-state index in [4.69, 9.17) is 0 Å². The summed E-state index contributed by atoms with van der Waals surface area (Å²) in [6, 6.07) is 18.4. The lowest BCUT2D eigenvalue weighted by Gasteiger charge is -2.04. The fourth-order valence-corrected chi connectivity index (χ4v) is 3.51. The molecule has 2 heterocycles. The minimum atomic E-state index is -0.384. The van der Waals surface area contributed by atoms with Gasteiger partial charge in [0.05, 0.1) is 16.9 Å². The quantitative estimate of drug-likeness (QED) is 0.355. The standard InChI is InChI=1S/C25H20FN3O2/c1-16-22(15-27-20-10-12-21(13-11-20)28-17(2)30)23-5-3-4-14-29(23)24(16)25(31)18-6-8-19(26)9-7-18/h3-15H,1-2H3,(H,28,30). The van der Waals surface area contributed by atoms with Crippen molar-refractivity contribution in [3.8, 4) is 0 Å². The number of aromatic nitrogens is 1. The molecule has 2 aromatic heterocycles. The van der Waals surface area contributed by atoms with E-state index in [0.29, 0.717) is 16.9 Å². The van der Waals surface area contributed by atoms with Crippen molar-refractivity contribution >= 4 is 34.8 Å². The smallest absolute Gasteiger partial charge is 0.221 e. The normalized spacial score (nSPS) is 11.2. The molecule has 0 aliphatic rings. The number of rotatable bonds is 5. The van der Waals surface area contributed by atoms with Gasteiger partial charge in [0, 0.05) is 36.1 Å². The zero-order chi connectivity index (χ0) is 22.0. The van der Waals surface area contributed by atoms with Crippen LogP contribution >= 0.6 is 0 Å². The number of benzene rings is 2. The Kier molecular flexibility index (Phi) is 5.45. The van der Waals surface area contributed by atoms with E-state index < -0.39 is 0 Å². The van der Waals surface area contributed by atoms with Gasteiger partial charge in [0.25, 0.3) is 0 Å². The Morgan fingerprint density at radius 3 is 2.39 bits per heavy atom. The zero-order valence-electron chi connectivity index (χ0n) is 17.1. The molecule has 4 rings (SSSR count). The van der Waals surface area contributed by atoms with Gasteiger partial charge in [-0.25, -0.2) is 4.39 Å². The number of hydrogen-bond acceptors (Lipinski definition) is 3. The van der Waals surface area contributed by atoms with Crippen molar-refractivity contribution in [2.45, 2.75) is 13.8 Å². The molecule has 0 saturated heterocycles. The number of ketones is 1. The number of anilines is 1. The third-order valence-electron chi connectivity index (χ3n) is 4.99. The van der Waals surface area contributed by atoms with E-state index in [1.165, 1.54) is 31.2 Å². The van der Waals surface area contributed by atoms with Gasteiger partial charge in [0.1, 0.15) is 5.82 Å². The second-order valence-electron chi connectivity index (χ2n) is 7.17. The van der Waals surface area contributed by atoms with Crippen LogP contribution in [0.2, 0.25) is 0 Å². The van der Waals surface area contributed by atoms with E-state index in [1.807, 2.05) is 35.7 Å². The first kappa shape index (κ1) is 20.2. The maximum atomic E-state index is 13.3. The average Bonchev–Trinajstić information content (AvgIpc) is 3.04. The number of amides is 1. The largest absolute Gasteiger partial charge is 0.326 e. The summed E-state index contributed by atoms with van der Waals surface area (Å²) in [6.45, 7) is 3.34. The van der Waals surface area contributed by atoms with E-state index in [9.17, 15) is 14.0 Å². The first-order valence-corrected chi connectivity index (χ1v) is 9.75. The Labute approximate surface area is 178 Å². The van der Waals surface area contributed by atoms with Crippen molar-refractivity contribution < 1.29 is 14.0 Å². The van der Waals surface area contributed by atoms with Gasteiger partial charge in [-0.15, -0.1) is 0 Å². The predicted octanol–water partition coefficient (Wildman–Crippen LogP) is 5.33. The molecular weight excluding hydrogens is 393 g/mol. The number of nitrogens with one attached hydrogen (secondary N) is 1. The number of hydrogen-bond donors (Lipinski definition) is 1. The molecule has 0 radical (unpaired) electrons. The number of halogens is 1. The van der Waals surface area contributed by atoms with Crippen molar-refractivity contribution in [3.63, 3.8) is 0 Å². The van der Waals surface area contributed by atoms with Crippen LogP contribution in [-0.4, -0.2) is 22.3 Å². The predicted molar refractivity (Wildman–Crippen MR) is 120 cm³/mol. The summed E-state index contributed by atoms with van der Waals surface area (Å²) in [5, 5.41) is 2.72. The highest BCUT2D eigenvalue weighted by Crippen LogP contribution is 2.25. The molecular formula is C25H20FN3O2. The van der Waals surface area contributed by atoms with Crippen LogP contribution in [0.5, 0.6) is 0 Å². The highest BCUT2D eigenvalue weighted by Gasteiger charge is 2.20. The van der Waals surface area contributed by atoms with Crippen LogP contribution in [-0.2, 0) is 4.79 Å². The summed E-state index contributed by atoms with van der Waals surface area (Å²) < 4.78 is 15.1. The molecule has 0 unspecified atom stereocenters. The molecule has 6 heteroatoms.